The second-order valence-electron chi connectivity index (χ2n) is 6.41. The standard InChI is InChI=1S/C21H26N2O3/c1-5-8-26-20-12-14-9-17-18(10-15(14)11-19(20)25-4)22-13-16(6-2)23(7-3)21(17)24/h9-13,16H,5-8H2,1-4H3. The molecule has 26 heavy (non-hydrogen) atoms. The first kappa shape index (κ1) is 18.2. The van der Waals surface area contributed by atoms with Gasteiger partial charge in [0.25, 0.3) is 5.91 Å². The van der Waals surface area contributed by atoms with Crippen molar-refractivity contribution in [3.05, 3.63) is 29.8 Å². The lowest BCUT2D eigenvalue weighted by atomic mass is 10.0. The summed E-state index contributed by atoms with van der Waals surface area (Å²) in [6, 6.07) is 7.79. The fraction of sp³-hybridized carbons (Fsp3) is 0.429. The van der Waals surface area contributed by atoms with Gasteiger partial charge in [-0.1, -0.05) is 13.8 Å². The Hall–Kier alpha value is -2.56. The monoisotopic (exact) mass is 354 g/mol. The normalized spacial score (nSPS) is 16.5. The molecule has 2 aromatic carbocycles. The second-order valence-corrected chi connectivity index (χ2v) is 6.41. The van der Waals surface area contributed by atoms with E-state index in [1.165, 1.54) is 0 Å². The first-order valence-electron chi connectivity index (χ1n) is 9.26. The van der Waals surface area contributed by atoms with Crippen LogP contribution in [0, 0.1) is 0 Å². The van der Waals surface area contributed by atoms with Crippen LogP contribution in [0.5, 0.6) is 11.5 Å². The van der Waals surface area contributed by atoms with Crippen LogP contribution in [0.25, 0.3) is 10.8 Å². The summed E-state index contributed by atoms with van der Waals surface area (Å²) in [5.41, 5.74) is 1.35. The molecular formula is C21H26N2O3. The van der Waals surface area contributed by atoms with Crippen molar-refractivity contribution in [2.45, 2.75) is 39.7 Å². The number of carbonyl (C=O) groups excluding carboxylic acids is 1. The molecule has 0 fully saturated rings. The molecule has 1 aliphatic rings. The van der Waals surface area contributed by atoms with Crippen LogP contribution in [0.2, 0.25) is 0 Å². The number of ether oxygens (including phenoxy) is 2. The number of fused-ring (bicyclic) bond motifs is 2. The molecule has 0 N–H and O–H groups in total. The molecule has 5 nitrogen and oxygen atoms in total. The number of methoxy groups -OCH3 is 1. The highest BCUT2D eigenvalue weighted by Crippen LogP contribution is 2.37. The van der Waals surface area contributed by atoms with Gasteiger partial charge in [0.1, 0.15) is 0 Å². The number of amides is 1. The van der Waals surface area contributed by atoms with E-state index in [0.29, 0.717) is 35.9 Å². The molecule has 0 aromatic heterocycles. The Labute approximate surface area is 154 Å². The van der Waals surface area contributed by atoms with Crippen LogP contribution in [0.1, 0.15) is 44.0 Å². The van der Waals surface area contributed by atoms with Crippen molar-refractivity contribution in [1.29, 1.82) is 0 Å². The van der Waals surface area contributed by atoms with Gasteiger partial charge in [0.05, 0.1) is 31.0 Å². The van der Waals surface area contributed by atoms with Crippen molar-refractivity contribution in [1.82, 2.24) is 4.90 Å². The van der Waals surface area contributed by atoms with Gasteiger partial charge in [-0.2, -0.15) is 0 Å². The smallest absolute Gasteiger partial charge is 0.256 e. The van der Waals surface area contributed by atoms with Gasteiger partial charge < -0.3 is 14.4 Å². The van der Waals surface area contributed by atoms with E-state index >= 15 is 0 Å². The summed E-state index contributed by atoms with van der Waals surface area (Å²) in [7, 11) is 1.63. The molecule has 1 unspecified atom stereocenters. The summed E-state index contributed by atoms with van der Waals surface area (Å²) in [5, 5.41) is 1.93. The van der Waals surface area contributed by atoms with E-state index in [1.54, 1.807) is 7.11 Å². The van der Waals surface area contributed by atoms with Gasteiger partial charge >= 0.3 is 0 Å². The summed E-state index contributed by atoms with van der Waals surface area (Å²) < 4.78 is 11.3. The molecule has 1 heterocycles. The zero-order valence-corrected chi connectivity index (χ0v) is 15.9. The largest absolute Gasteiger partial charge is 0.493 e. The van der Waals surface area contributed by atoms with Gasteiger partial charge in [0.2, 0.25) is 0 Å². The van der Waals surface area contributed by atoms with Gasteiger partial charge in [-0.25, -0.2) is 0 Å². The fourth-order valence-electron chi connectivity index (χ4n) is 3.31. The topological polar surface area (TPSA) is 51.1 Å². The van der Waals surface area contributed by atoms with E-state index in [9.17, 15) is 4.79 Å². The van der Waals surface area contributed by atoms with E-state index in [1.807, 2.05) is 42.3 Å². The number of rotatable bonds is 6. The van der Waals surface area contributed by atoms with Crippen LogP contribution >= 0.6 is 0 Å². The van der Waals surface area contributed by atoms with Crippen LogP contribution in [0.3, 0.4) is 0 Å². The molecule has 1 atom stereocenters. The quantitative estimate of drug-likeness (QED) is 0.762. The molecule has 0 radical (unpaired) electrons. The molecule has 1 aliphatic heterocycles. The summed E-state index contributed by atoms with van der Waals surface area (Å²) >= 11 is 0. The van der Waals surface area contributed by atoms with E-state index in [0.717, 1.165) is 23.6 Å². The molecule has 5 heteroatoms. The Morgan fingerprint density at radius 1 is 1.08 bits per heavy atom. The number of carbonyl (C=O) groups is 1. The number of aliphatic imine (C=N–C) groups is 1. The Morgan fingerprint density at radius 3 is 2.46 bits per heavy atom. The van der Waals surface area contributed by atoms with Crippen molar-refractivity contribution in [2.75, 3.05) is 20.3 Å². The lowest BCUT2D eigenvalue weighted by Crippen LogP contribution is -2.39. The number of hydrogen-bond donors (Lipinski definition) is 0. The predicted octanol–water partition coefficient (Wildman–Crippen LogP) is 4.59. The molecule has 2 aromatic rings. The van der Waals surface area contributed by atoms with Crippen LogP contribution in [0.4, 0.5) is 5.69 Å². The zero-order valence-electron chi connectivity index (χ0n) is 15.9. The molecule has 3 rings (SSSR count). The zero-order chi connectivity index (χ0) is 18.7. The maximum absolute atomic E-state index is 13.1. The van der Waals surface area contributed by atoms with Gasteiger partial charge in [0, 0.05) is 12.8 Å². The molecule has 1 amide bonds. The lowest BCUT2D eigenvalue weighted by Gasteiger charge is -2.26. The Kier molecular flexibility index (Phi) is 5.45. The number of hydrogen-bond acceptors (Lipinski definition) is 4. The number of benzene rings is 2. The van der Waals surface area contributed by atoms with Crippen molar-refractivity contribution in [3.8, 4) is 11.5 Å². The second kappa shape index (κ2) is 7.77. The summed E-state index contributed by atoms with van der Waals surface area (Å²) in [6.45, 7) is 7.42. The third-order valence-electron chi connectivity index (χ3n) is 4.74. The van der Waals surface area contributed by atoms with Crippen molar-refractivity contribution >= 4 is 28.6 Å². The maximum Gasteiger partial charge on any atom is 0.256 e. The molecule has 0 aliphatic carbocycles. The highest BCUT2D eigenvalue weighted by molar-refractivity contribution is 6.06. The number of nitrogens with zero attached hydrogens (tertiary/aromatic N) is 2. The van der Waals surface area contributed by atoms with Gasteiger partial charge in [-0.15, -0.1) is 0 Å². The molecular weight excluding hydrogens is 328 g/mol. The van der Waals surface area contributed by atoms with Gasteiger partial charge in [-0.05, 0) is 54.8 Å². The van der Waals surface area contributed by atoms with Crippen molar-refractivity contribution < 1.29 is 14.3 Å². The minimum absolute atomic E-state index is 0.0283. The summed E-state index contributed by atoms with van der Waals surface area (Å²) in [6.07, 6.45) is 3.65. The third kappa shape index (κ3) is 3.26. The van der Waals surface area contributed by atoms with Crippen LogP contribution in [-0.2, 0) is 0 Å². The molecule has 0 saturated carbocycles. The molecule has 0 spiro atoms. The fourth-order valence-corrected chi connectivity index (χ4v) is 3.31. The molecule has 0 saturated heterocycles. The SMILES string of the molecule is CCCOc1cc2cc3c(cc2cc1OC)N=CC(CC)N(CC)C3=O. The Balaban J connectivity index is 2.13. The van der Waals surface area contributed by atoms with Crippen LogP contribution < -0.4 is 9.47 Å². The van der Waals surface area contributed by atoms with Crippen LogP contribution in [0.15, 0.2) is 29.3 Å². The average Bonchev–Trinajstić information content (AvgIpc) is 2.79. The highest BCUT2D eigenvalue weighted by atomic mass is 16.5. The third-order valence-corrected chi connectivity index (χ3v) is 4.74. The first-order chi connectivity index (χ1) is 12.6. The average molecular weight is 354 g/mol. The Bertz CT molecular complexity index is 845. The van der Waals surface area contributed by atoms with E-state index in [2.05, 4.69) is 18.8 Å². The lowest BCUT2D eigenvalue weighted by molar-refractivity contribution is 0.0738. The predicted molar refractivity (Wildman–Crippen MR) is 105 cm³/mol. The van der Waals surface area contributed by atoms with Gasteiger partial charge in [-0.3, -0.25) is 9.79 Å². The van der Waals surface area contributed by atoms with E-state index < -0.39 is 0 Å². The molecule has 0 bridgehead atoms. The maximum atomic E-state index is 13.1. The van der Waals surface area contributed by atoms with Crippen molar-refractivity contribution in [3.63, 3.8) is 0 Å². The molecule has 138 valence electrons. The summed E-state index contributed by atoms with van der Waals surface area (Å²) in [5.74, 6) is 1.42. The Morgan fingerprint density at radius 2 is 1.81 bits per heavy atom. The van der Waals surface area contributed by atoms with E-state index in [-0.39, 0.29) is 11.9 Å². The minimum atomic E-state index is 0.0283. The highest BCUT2D eigenvalue weighted by Gasteiger charge is 2.26. The van der Waals surface area contributed by atoms with E-state index in [4.69, 9.17) is 9.47 Å². The first-order valence-corrected chi connectivity index (χ1v) is 9.26. The summed E-state index contributed by atoms with van der Waals surface area (Å²) in [4.78, 5) is 19.5. The van der Waals surface area contributed by atoms with Gasteiger partial charge in [0.15, 0.2) is 11.5 Å². The van der Waals surface area contributed by atoms with Crippen molar-refractivity contribution in [2.24, 2.45) is 4.99 Å². The minimum Gasteiger partial charge on any atom is -0.493 e. The van der Waals surface area contributed by atoms with Crippen LogP contribution in [-0.4, -0.2) is 43.3 Å².